The van der Waals surface area contributed by atoms with Gasteiger partial charge in [-0.15, -0.1) is 0 Å². The second-order valence-electron chi connectivity index (χ2n) is 5.71. The quantitative estimate of drug-likeness (QED) is 0.875. The van der Waals surface area contributed by atoms with Crippen molar-refractivity contribution in [2.75, 3.05) is 0 Å². The van der Waals surface area contributed by atoms with E-state index in [1.54, 1.807) is 19.1 Å². The topological polar surface area (TPSA) is 35.2 Å². The molecule has 0 aliphatic heterocycles. The highest BCUT2D eigenvalue weighted by atomic mass is 19.1. The zero-order valence-electron chi connectivity index (χ0n) is 11.3. The van der Waals surface area contributed by atoms with Gasteiger partial charge in [-0.2, -0.15) is 0 Å². The van der Waals surface area contributed by atoms with Gasteiger partial charge in [0.2, 0.25) is 0 Å². The molecule has 18 heavy (non-hydrogen) atoms. The molecule has 0 bridgehead atoms. The summed E-state index contributed by atoms with van der Waals surface area (Å²) in [5, 5.41) is 0. The number of nitrogens with two attached hydrogens (primary N) is 1. The number of benzene rings is 1. The monoisotopic (exact) mass is 251 g/mol. The summed E-state index contributed by atoms with van der Waals surface area (Å²) in [5.41, 5.74) is 6.79. The van der Waals surface area contributed by atoms with Crippen LogP contribution in [0.4, 0.5) is 4.39 Å². The molecule has 1 aromatic carbocycles. The highest BCUT2D eigenvalue weighted by Gasteiger charge is 2.33. The lowest BCUT2D eigenvalue weighted by molar-refractivity contribution is 0.0625. The van der Waals surface area contributed by atoms with E-state index in [0.717, 1.165) is 18.6 Å². The summed E-state index contributed by atoms with van der Waals surface area (Å²) in [6, 6.07) is 4.94. The van der Waals surface area contributed by atoms with E-state index in [1.165, 1.54) is 6.07 Å². The van der Waals surface area contributed by atoms with Gasteiger partial charge in [0.1, 0.15) is 17.7 Å². The number of hydrogen-bond acceptors (Lipinski definition) is 2. The Balaban J connectivity index is 2.10. The standard InChI is InChI=1S/C15H22FNO/c1-9-6-11(3)15(14(17)7-9)18-12-4-5-13(16)10(2)8-12/h4-5,8-9,11,14-15H,6-7,17H2,1-3H3. The molecule has 2 rings (SSSR count). The van der Waals surface area contributed by atoms with Crippen molar-refractivity contribution in [2.45, 2.75) is 45.8 Å². The Hall–Kier alpha value is -1.09. The average Bonchev–Trinajstić information content (AvgIpc) is 2.28. The maximum atomic E-state index is 13.2. The van der Waals surface area contributed by atoms with E-state index in [0.29, 0.717) is 17.4 Å². The third kappa shape index (κ3) is 2.83. The normalized spacial score (nSPS) is 32.3. The van der Waals surface area contributed by atoms with Crippen LogP contribution in [-0.2, 0) is 0 Å². The Labute approximate surface area is 108 Å². The van der Waals surface area contributed by atoms with Gasteiger partial charge in [0.15, 0.2) is 0 Å². The number of rotatable bonds is 2. The summed E-state index contributed by atoms with van der Waals surface area (Å²) >= 11 is 0. The first-order chi connectivity index (χ1) is 8.47. The molecule has 0 saturated heterocycles. The van der Waals surface area contributed by atoms with E-state index in [1.807, 2.05) is 0 Å². The van der Waals surface area contributed by atoms with E-state index in [2.05, 4.69) is 13.8 Å². The van der Waals surface area contributed by atoms with E-state index in [9.17, 15) is 4.39 Å². The Morgan fingerprint density at radius 3 is 2.61 bits per heavy atom. The van der Waals surface area contributed by atoms with Gasteiger partial charge in [0, 0.05) is 6.04 Å². The molecule has 2 N–H and O–H groups in total. The SMILES string of the molecule is Cc1cc(OC2C(C)CC(C)CC2N)ccc1F. The highest BCUT2D eigenvalue weighted by molar-refractivity contribution is 5.29. The average molecular weight is 251 g/mol. The minimum absolute atomic E-state index is 0.0334. The van der Waals surface area contributed by atoms with Gasteiger partial charge in [-0.1, -0.05) is 13.8 Å². The van der Waals surface area contributed by atoms with Crippen LogP contribution >= 0.6 is 0 Å². The van der Waals surface area contributed by atoms with Crippen molar-refractivity contribution in [3.63, 3.8) is 0 Å². The van der Waals surface area contributed by atoms with Crippen molar-refractivity contribution >= 4 is 0 Å². The lowest BCUT2D eigenvalue weighted by atomic mass is 9.78. The molecular formula is C15H22FNO. The minimum atomic E-state index is -0.197. The van der Waals surface area contributed by atoms with Crippen molar-refractivity contribution in [3.8, 4) is 5.75 Å². The van der Waals surface area contributed by atoms with E-state index in [-0.39, 0.29) is 18.0 Å². The van der Waals surface area contributed by atoms with Gasteiger partial charge in [0.25, 0.3) is 0 Å². The fraction of sp³-hybridized carbons (Fsp3) is 0.600. The van der Waals surface area contributed by atoms with Crippen molar-refractivity contribution in [3.05, 3.63) is 29.6 Å². The predicted octanol–water partition coefficient (Wildman–Crippen LogP) is 3.27. The first kappa shape index (κ1) is 13.3. The molecule has 1 saturated carbocycles. The Morgan fingerprint density at radius 1 is 1.28 bits per heavy atom. The summed E-state index contributed by atoms with van der Waals surface area (Å²) in [6.45, 7) is 6.15. The summed E-state index contributed by atoms with van der Waals surface area (Å²) in [7, 11) is 0. The van der Waals surface area contributed by atoms with Crippen molar-refractivity contribution < 1.29 is 9.13 Å². The third-order valence-electron chi connectivity index (χ3n) is 3.83. The van der Waals surface area contributed by atoms with Crippen LogP contribution in [0.15, 0.2) is 18.2 Å². The Morgan fingerprint density at radius 2 is 2.00 bits per heavy atom. The summed E-state index contributed by atoms with van der Waals surface area (Å²) in [6.07, 6.45) is 2.17. The molecule has 1 aliphatic carbocycles. The molecule has 0 radical (unpaired) electrons. The van der Waals surface area contributed by atoms with Crippen LogP contribution in [0.1, 0.15) is 32.3 Å². The molecule has 2 nitrogen and oxygen atoms in total. The van der Waals surface area contributed by atoms with E-state index in [4.69, 9.17) is 10.5 Å². The van der Waals surface area contributed by atoms with Gasteiger partial charge in [-0.05, 0) is 55.4 Å². The Kier molecular flexibility index (Phi) is 3.91. The number of hydrogen-bond donors (Lipinski definition) is 1. The van der Waals surface area contributed by atoms with Crippen LogP contribution in [-0.4, -0.2) is 12.1 Å². The number of halogens is 1. The molecule has 0 aromatic heterocycles. The highest BCUT2D eigenvalue weighted by Crippen LogP contribution is 2.31. The molecule has 4 atom stereocenters. The van der Waals surface area contributed by atoms with Crippen LogP contribution in [0, 0.1) is 24.6 Å². The fourth-order valence-electron chi connectivity index (χ4n) is 2.94. The third-order valence-corrected chi connectivity index (χ3v) is 3.83. The first-order valence-electron chi connectivity index (χ1n) is 6.65. The summed E-state index contributed by atoms with van der Waals surface area (Å²) in [4.78, 5) is 0. The summed E-state index contributed by atoms with van der Waals surface area (Å²) in [5.74, 6) is 1.62. The maximum Gasteiger partial charge on any atom is 0.126 e. The molecule has 0 spiro atoms. The number of ether oxygens (including phenoxy) is 1. The predicted molar refractivity (Wildman–Crippen MR) is 71.1 cm³/mol. The number of aryl methyl sites for hydroxylation is 1. The lowest BCUT2D eigenvalue weighted by Gasteiger charge is -2.37. The molecule has 0 amide bonds. The van der Waals surface area contributed by atoms with Gasteiger partial charge in [0.05, 0.1) is 0 Å². The molecule has 1 aliphatic rings. The summed E-state index contributed by atoms with van der Waals surface area (Å²) < 4.78 is 19.2. The van der Waals surface area contributed by atoms with Gasteiger partial charge >= 0.3 is 0 Å². The van der Waals surface area contributed by atoms with Crippen LogP contribution < -0.4 is 10.5 Å². The fourth-order valence-corrected chi connectivity index (χ4v) is 2.94. The van der Waals surface area contributed by atoms with Crippen LogP contribution in [0.2, 0.25) is 0 Å². The van der Waals surface area contributed by atoms with Crippen LogP contribution in [0.3, 0.4) is 0 Å². The van der Waals surface area contributed by atoms with E-state index < -0.39 is 0 Å². The largest absolute Gasteiger partial charge is 0.489 e. The van der Waals surface area contributed by atoms with Crippen molar-refractivity contribution in [1.82, 2.24) is 0 Å². The Bertz CT molecular complexity index is 409. The molecule has 100 valence electrons. The lowest BCUT2D eigenvalue weighted by Crippen LogP contribution is -2.48. The molecule has 1 aromatic rings. The van der Waals surface area contributed by atoms with Crippen molar-refractivity contribution in [1.29, 1.82) is 0 Å². The first-order valence-corrected chi connectivity index (χ1v) is 6.65. The zero-order valence-corrected chi connectivity index (χ0v) is 11.3. The molecular weight excluding hydrogens is 229 g/mol. The van der Waals surface area contributed by atoms with Crippen LogP contribution in [0.5, 0.6) is 5.75 Å². The molecule has 4 unspecified atom stereocenters. The van der Waals surface area contributed by atoms with Gasteiger partial charge in [-0.25, -0.2) is 4.39 Å². The smallest absolute Gasteiger partial charge is 0.126 e. The zero-order chi connectivity index (χ0) is 13.3. The molecule has 0 heterocycles. The second kappa shape index (κ2) is 5.27. The van der Waals surface area contributed by atoms with E-state index >= 15 is 0 Å². The molecule has 3 heteroatoms. The van der Waals surface area contributed by atoms with Gasteiger partial charge in [-0.3, -0.25) is 0 Å². The second-order valence-corrected chi connectivity index (χ2v) is 5.71. The van der Waals surface area contributed by atoms with Crippen LogP contribution in [0.25, 0.3) is 0 Å². The molecule has 1 fully saturated rings. The minimum Gasteiger partial charge on any atom is -0.489 e. The van der Waals surface area contributed by atoms with Crippen molar-refractivity contribution in [2.24, 2.45) is 17.6 Å². The maximum absolute atomic E-state index is 13.2. The van der Waals surface area contributed by atoms with Gasteiger partial charge < -0.3 is 10.5 Å².